The van der Waals surface area contributed by atoms with E-state index in [1.165, 1.54) is 64.5 Å². The number of carbonyl (C=O) groups is 2. The Balaban J connectivity index is 0.000000178. The average molecular weight is 1170 g/mol. The molecule has 6 aromatic carbocycles. The summed E-state index contributed by atoms with van der Waals surface area (Å²) < 4.78 is 67.2. The lowest BCUT2D eigenvalue weighted by Gasteiger charge is -2.05. The van der Waals surface area contributed by atoms with Crippen LogP contribution in [0.4, 0.5) is 31.0 Å². The molecule has 0 unspecified atom stereocenters. The molecule has 0 radical (unpaired) electrons. The fraction of sp³-hybridized carbons (Fsp3) is 0.175. The predicted molar refractivity (Wildman–Crippen MR) is 309 cm³/mol. The number of nitrogens with zero attached hydrogens (tertiary/aromatic N) is 9. The van der Waals surface area contributed by atoms with E-state index in [2.05, 4.69) is 76.0 Å². The number of aromatic amines is 3. The summed E-state index contributed by atoms with van der Waals surface area (Å²) in [5.41, 5.74) is 7.43. The van der Waals surface area contributed by atoms with Gasteiger partial charge in [-0.05, 0) is 89.5 Å². The van der Waals surface area contributed by atoms with Crippen LogP contribution >= 0.6 is 11.8 Å². The standard InChI is InChI=1S/C19H16FN5O3.C18H14FN5O3.C17H13ClFN5O2.3CH4/c1-10(26)21-19-22-14-8-7-13(17(27-2)16(14)23-19)18-25-24-15(28-18)9-11-3-5-12(20)6-4-11;1-9(25)20-18-21-13-7-6-12(16(26)15(13)22-18)17-24-23-14(27-17)8-10-2-4-11(19)5-3-10;1-25-15-11(6-7-12-14(15)21-17(20-12)22-18)16-24-23-13(26-16)8-9-2-4-10(19)5-3-9;;;/h3-8H,9H2,1-2H3,(H2,21,22,23,26);2-7,26H,8H2,1H3,(H2,20,21,22,25);2-7H,8H2,1H3,(H2,20,21,22);3*1H4. The highest BCUT2D eigenvalue weighted by Crippen LogP contribution is 2.38. The number of amides is 2. The Labute approximate surface area is 481 Å². The molecule has 0 bridgehead atoms. The summed E-state index contributed by atoms with van der Waals surface area (Å²) in [7, 11) is 3.05. The van der Waals surface area contributed by atoms with Crippen molar-refractivity contribution in [3.63, 3.8) is 0 Å². The number of H-pyrrole nitrogens is 3. The molecule has 84 heavy (non-hydrogen) atoms. The quantitative estimate of drug-likeness (QED) is 0.0498. The van der Waals surface area contributed by atoms with Crippen LogP contribution in [-0.2, 0) is 28.9 Å². The molecule has 12 rings (SSSR count). The van der Waals surface area contributed by atoms with E-state index in [1.54, 1.807) is 66.7 Å². The summed E-state index contributed by atoms with van der Waals surface area (Å²) in [6.07, 6.45) is 1.12. The monoisotopic (exact) mass is 1170 g/mol. The molecular formula is C57H55ClF3N15O8. The van der Waals surface area contributed by atoms with E-state index in [4.69, 9.17) is 34.5 Å². The van der Waals surface area contributed by atoms with Gasteiger partial charge in [0.15, 0.2) is 17.2 Å². The highest BCUT2D eigenvalue weighted by molar-refractivity contribution is 6.23. The molecular weight excluding hydrogens is 1120 g/mol. The second-order valence-corrected chi connectivity index (χ2v) is 17.8. The van der Waals surface area contributed by atoms with Crippen LogP contribution in [0.1, 0.15) is 70.5 Å². The number of methoxy groups -OCH3 is 2. The van der Waals surface area contributed by atoms with Gasteiger partial charge in [-0.25, -0.2) is 28.1 Å². The number of hydrogen-bond acceptors (Lipinski definition) is 18. The highest BCUT2D eigenvalue weighted by Gasteiger charge is 2.22. The van der Waals surface area contributed by atoms with Crippen molar-refractivity contribution in [1.29, 1.82) is 0 Å². The number of anilines is 3. The molecule has 0 fully saturated rings. The Bertz CT molecular complexity index is 4200. The molecule has 0 aliphatic heterocycles. The van der Waals surface area contributed by atoms with Crippen molar-refractivity contribution < 1.29 is 50.6 Å². The van der Waals surface area contributed by atoms with Crippen molar-refractivity contribution in [2.75, 3.05) is 29.7 Å². The number of rotatable bonds is 14. The first kappa shape index (κ1) is 61.0. The molecule has 0 aliphatic rings. The highest BCUT2D eigenvalue weighted by atomic mass is 35.5. The fourth-order valence-corrected chi connectivity index (χ4v) is 8.30. The van der Waals surface area contributed by atoms with Gasteiger partial charge in [0.05, 0.1) is 66.7 Å². The first-order chi connectivity index (χ1) is 39.2. The maximum absolute atomic E-state index is 13.0. The molecule has 0 saturated heterocycles. The van der Waals surface area contributed by atoms with Crippen molar-refractivity contribution in [3.8, 4) is 51.6 Å². The van der Waals surface area contributed by atoms with Gasteiger partial charge in [-0.2, -0.15) is 0 Å². The normalized spacial score (nSPS) is 10.6. The lowest BCUT2D eigenvalue weighted by molar-refractivity contribution is -0.115. The number of phenolic OH excluding ortho intramolecular Hbond substituents is 1. The van der Waals surface area contributed by atoms with Crippen LogP contribution in [0.15, 0.2) is 122 Å². The summed E-state index contributed by atoms with van der Waals surface area (Å²) in [5, 5.41) is 39.9. The molecule has 0 atom stereocenters. The molecule has 0 aliphatic carbocycles. The minimum atomic E-state index is -0.319. The van der Waals surface area contributed by atoms with E-state index in [1.807, 2.05) is 6.07 Å². The zero-order valence-electron chi connectivity index (χ0n) is 42.9. The van der Waals surface area contributed by atoms with Crippen LogP contribution in [0.3, 0.4) is 0 Å². The number of benzene rings is 6. The van der Waals surface area contributed by atoms with Crippen molar-refractivity contribution >= 4 is 74.5 Å². The SMILES string of the molecule is C.C.C.CC(=O)Nc1nc2c(O)c(-c3nnc(Cc4ccc(F)cc4)o3)ccc2[nH]1.COc1c(-c2nnc(Cc3ccc(F)cc3)o2)ccc2[nH]c(NC(C)=O)nc12.COc1c(-c2nnc(Cc3ccc(F)cc3)o2)ccc2[nH]c(NCl)nc12. The largest absolute Gasteiger partial charge is 0.505 e. The van der Waals surface area contributed by atoms with Gasteiger partial charge in [-0.3, -0.25) is 25.1 Å². The third-order valence-corrected chi connectivity index (χ3v) is 12.0. The third-order valence-electron chi connectivity index (χ3n) is 11.8. The summed E-state index contributed by atoms with van der Waals surface area (Å²) >= 11 is 5.59. The van der Waals surface area contributed by atoms with Gasteiger partial charge in [0.25, 0.3) is 17.7 Å². The Morgan fingerprint density at radius 1 is 0.488 bits per heavy atom. The zero-order valence-corrected chi connectivity index (χ0v) is 43.6. The molecule has 12 aromatic rings. The van der Waals surface area contributed by atoms with Crippen molar-refractivity contribution in [2.45, 2.75) is 55.4 Å². The third kappa shape index (κ3) is 13.9. The Kier molecular flexibility index (Phi) is 19.4. The number of carbonyl (C=O) groups excluding carboxylic acids is 2. The van der Waals surface area contributed by atoms with Crippen LogP contribution in [0.25, 0.3) is 67.5 Å². The Hall–Kier alpha value is -10.6. The van der Waals surface area contributed by atoms with Gasteiger partial charge < -0.3 is 42.8 Å². The number of halogens is 4. The summed E-state index contributed by atoms with van der Waals surface area (Å²) in [6.45, 7) is 2.76. The molecule has 0 spiro atoms. The second kappa shape index (κ2) is 26.8. The number of aromatic hydroxyl groups is 1. The number of nitrogens with one attached hydrogen (secondary N) is 6. The van der Waals surface area contributed by atoms with E-state index in [0.717, 1.165) is 22.2 Å². The molecule has 2 amide bonds. The minimum absolute atomic E-state index is 0. The molecule has 23 nitrogen and oxygen atoms in total. The predicted octanol–water partition coefficient (Wildman–Crippen LogP) is 12.1. The molecule has 0 saturated carbocycles. The van der Waals surface area contributed by atoms with Crippen LogP contribution in [0.5, 0.6) is 17.2 Å². The van der Waals surface area contributed by atoms with Crippen molar-refractivity contribution in [2.24, 2.45) is 0 Å². The van der Waals surface area contributed by atoms with Gasteiger partial charge in [0.1, 0.15) is 34.0 Å². The van der Waals surface area contributed by atoms with Crippen LogP contribution in [0, 0.1) is 17.5 Å². The van der Waals surface area contributed by atoms with Crippen LogP contribution < -0.4 is 24.9 Å². The zero-order chi connectivity index (χ0) is 56.7. The van der Waals surface area contributed by atoms with E-state index in [0.29, 0.717) is 105 Å². The number of hydrogen-bond donors (Lipinski definition) is 7. The smallest absolute Gasteiger partial charge is 0.251 e. The number of imidazole rings is 3. The lowest BCUT2D eigenvalue weighted by Crippen LogP contribution is -2.06. The first-order valence-corrected chi connectivity index (χ1v) is 24.6. The summed E-state index contributed by atoms with van der Waals surface area (Å²) in [5.74, 6) is 2.19. The summed E-state index contributed by atoms with van der Waals surface area (Å²) in [4.78, 5) is 46.6. The van der Waals surface area contributed by atoms with Gasteiger partial charge >= 0.3 is 0 Å². The van der Waals surface area contributed by atoms with Gasteiger partial charge in [0.2, 0.25) is 47.3 Å². The Morgan fingerprint density at radius 2 is 0.810 bits per heavy atom. The Morgan fingerprint density at radius 3 is 1.17 bits per heavy atom. The second-order valence-electron chi connectivity index (χ2n) is 17.6. The molecule has 27 heteroatoms. The summed E-state index contributed by atoms with van der Waals surface area (Å²) in [6, 6.07) is 28.7. The molecule has 6 heterocycles. The van der Waals surface area contributed by atoms with E-state index in [-0.39, 0.29) is 80.5 Å². The number of fused-ring (bicyclic) bond motifs is 3. The van der Waals surface area contributed by atoms with E-state index < -0.39 is 0 Å². The fourth-order valence-electron chi connectivity index (χ4n) is 8.21. The maximum atomic E-state index is 13.0. The van der Waals surface area contributed by atoms with Crippen LogP contribution in [0.2, 0.25) is 0 Å². The van der Waals surface area contributed by atoms with E-state index >= 15 is 0 Å². The number of aromatic nitrogens is 12. The molecule has 7 N–H and O–H groups in total. The van der Waals surface area contributed by atoms with Gasteiger partial charge in [0, 0.05) is 25.6 Å². The van der Waals surface area contributed by atoms with Gasteiger partial charge in [-0.1, -0.05) is 58.7 Å². The topological polar surface area (TPSA) is 312 Å². The van der Waals surface area contributed by atoms with Gasteiger partial charge in [-0.15, -0.1) is 30.6 Å². The van der Waals surface area contributed by atoms with E-state index in [9.17, 15) is 27.9 Å². The molecule has 434 valence electrons. The molecule has 6 aromatic heterocycles. The van der Waals surface area contributed by atoms with Crippen molar-refractivity contribution in [3.05, 3.63) is 161 Å². The lowest BCUT2D eigenvalue weighted by atomic mass is 10.1. The maximum Gasteiger partial charge on any atom is 0.251 e. The number of phenols is 1. The van der Waals surface area contributed by atoms with Crippen molar-refractivity contribution in [1.82, 2.24) is 60.5 Å². The van der Waals surface area contributed by atoms with Crippen LogP contribution in [-0.4, -0.2) is 91.6 Å². The average Bonchev–Trinajstić information content (AvgIpc) is 3.97. The number of ether oxygens (including phenoxy) is 2. The first-order valence-electron chi connectivity index (χ1n) is 24.2. The minimum Gasteiger partial charge on any atom is -0.505 e.